The van der Waals surface area contributed by atoms with Gasteiger partial charge in [0, 0.05) is 34.9 Å². The van der Waals surface area contributed by atoms with E-state index in [1.54, 1.807) is 6.20 Å². The fraction of sp³-hybridized carbons (Fsp3) is 0.222. The summed E-state index contributed by atoms with van der Waals surface area (Å²) in [6.07, 6.45) is 3.89. The quantitative estimate of drug-likeness (QED) is 0.751. The minimum atomic E-state index is 0.0452. The van der Waals surface area contributed by atoms with Crippen molar-refractivity contribution < 1.29 is 4.79 Å². The lowest BCUT2D eigenvalue weighted by molar-refractivity contribution is -0.116. The number of rotatable bonds is 5. The highest BCUT2D eigenvalue weighted by atomic mass is 16.1. The number of nitrogens with zero attached hydrogens (tertiary/aromatic N) is 1. The number of hydrogen-bond acceptors (Lipinski definition) is 2. The van der Waals surface area contributed by atoms with Crippen LogP contribution in [0.1, 0.15) is 24.2 Å². The van der Waals surface area contributed by atoms with E-state index in [4.69, 9.17) is 0 Å². The molecule has 0 aliphatic heterocycles. The number of para-hydroxylation sites is 1. The Labute approximate surface area is 129 Å². The number of H-pyrrole nitrogens is 1. The summed E-state index contributed by atoms with van der Waals surface area (Å²) in [7, 11) is 0. The Morgan fingerprint density at radius 1 is 1.18 bits per heavy atom. The number of pyridine rings is 1. The highest BCUT2D eigenvalue weighted by molar-refractivity contribution is 6.02. The van der Waals surface area contributed by atoms with E-state index in [-0.39, 0.29) is 5.91 Å². The van der Waals surface area contributed by atoms with Gasteiger partial charge in [-0.05, 0) is 38.0 Å². The number of anilines is 1. The molecule has 112 valence electrons. The van der Waals surface area contributed by atoms with E-state index < -0.39 is 0 Å². The van der Waals surface area contributed by atoms with Crippen LogP contribution in [0.2, 0.25) is 0 Å². The maximum Gasteiger partial charge on any atom is 0.224 e. The first-order chi connectivity index (χ1) is 10.7. The van der Waals surface area contributed by atoms with Crippen LogP contribution in [0, 0.1) is 6.92 Å². The van der Waals surface area contributed by atoms with Crippen molar-refractivity contribution in [1.29, 1.82) is 0 Å². The van der Waals surface area contributed by atoms with Crippen molar-refractivity contribution >= 4 is 22.5 Å². The highest BCUT2D eigenvalue weighted by Crippen LogP contribution is 2.27. The molecule has 0 radical (unpaired) electrons. The third-order valence-corrected chi connectivity index (χ3v) is 3.72. The summed E-state index contributed by atoms with van der Waals surface area (Å²) in [6, 6.07) is 13.8. The molecule has 2 N–H and O–H groups in total. The Kier molecular flexibility index (Phi) is 4.19. The predicted molar refractivity (Wildman–Crippen MR) is 88.8 cm³/mol. The summed E-state index contributed by atoms with van der Waals surface area (Å²) >= 11 is 0. The highest BCUT2D eigenvalue weighted by Gasteiger charge is 2.10. The van der Waals surface area contributed by atoms with Gasteiger partial charge in [-0.3, -0.25) is 9.78 Å². The zero-order valence-electron chi connectivity index (χ0n) is 12.6. The monoisotopic (exact) mass is 293 g/mol. The minimum Gasteiger partial charge on any atom is -0.357 e. The van der Waals surface area contributed by atoms with Crippen molar-refractivity contribution in [2.75, 3.05) is 5.32 Å². The van der Waals surface area contributed by atoms with Gasteiger partial charge < -0.3 is 10.3 Å². The van der Waals surface area contributed by atoms with Crippen LogP contribution in [0.25, 0.3) is 10.9 Å². The zero-order valence-corrected chi connectivity index (χ0v) is 12.6. The van der Waals surface area contributed by atoms with Crippen molar-refractivity contribution in [2.45, 2.75) is 26.2 Å². The molecule has 0 spiro atoms. The first kappa shape index (κ1) is 14.3. The van der Waals surface area contributed by atoms with E-state index in [0.29, 0.717) is 6.42 Å². The molecule has 2 aromatic heterocycles. The van der Waals surface area contributed by atoms with Gasteiger partial charge in [-0.2, -0.15) is 0 Å². The fourth-order valence-corrected chi connectivity index (χ4v) is 2.62. The maximum absolute atomic E-state index is 12.2. The Morgan fingerprint density at radius 2 is 2.00 bits per heavy atom. The Bertz CT molecular complexity index is 777. The van der Waals surface area contributed by atoms with Gasteiger partial charge in [0.2, 0.25) is 5.91 Å². The minimum absolute atomic E-state index is 0.0452. The van der Waals surface area contributed by atoms with Gasteiger partial charge >= 0.3 is 0 Å². The first-order valence-corrected chi connectivity index (χ1v) is 7.51. The second-order valence-corrected chi connectivity index (χ2v) is 5.39. The van der Waals surface area contributed by atoms with E-state index in [0.717, 1.165) is 40.8 Å². The maximum atomic E-state index is 12.2. The number of benzene rings is 1. The molecule has 1 aromatic carbocycles. The summed E-state index contributed by atoms with van der Waals surface area (Å²) in [4.78, 5) is 19.7. The molecule has 0 saturated heterocycles. The Balaban J connectivity index is 1.60. The molecule has 3 aromatic rings. The van der Waals surface area contributed by atoms with E-state index in [9.17, 15) is 4.79 Å². The average molecular weight is 293 g/mol. The average Bonchev–Trinajstić information content (AvgIpc) is 2.84. The van der Waals surface area contributed by atoms with Gasteiger partial charge in [0.15, 0.2) is 0 Å². The van der Waals surface area contributed by atoms with Gasteiger partial charge in [-0.25, -0.2) is 0 Å². The lowest BCUT2D eigenvalue weighted by Gasteiger charge is -2.05. The van der Waals surface area contributed by atoms with Crippen LogP contribution < -0.4 is 5.32 Å². The third-order valence-electron chi connectivity index (χ3n) is 3.72. The lowest BCUT2D eigenvalue weighted by Crippen LogP contribution is -2.12. The van der Waals surface area contributed by atoms with Gasteiger partial charge in [-0.15, -0.1) is 0 Å². The number of amides is 1. The number of aromatic amines is 1. The van der Waals surface area contributed by atoms with Crippen LogP contribution in [-0.4, -0.2) is 15.9 Å². The molecule has 22 heavy (non-hydrogen) atoms. The van der Waals surface area contributed by atoms with Gasteiger partial charge in [0.05, 0.1) is 5.69 Å². The van der Waals surface area contributed by atoms with E-state index in [1.165, 1.54) is 0 Å². The van der Waals surface area contributed by atoms with Crippen LogP contribution >= 0.6 is 0 Å². The number of nitrogens with one attached hydrogen (secondary N) is 2. The van der Waals surface area contributed by atoms with Gasteiger partial charge in [0.25, 0.3) is 0 Å². The number of carbonyl (C=O) groups is 1. The molecule has 3 rings (SSSR count). The molecule has 0 saturated carbocycles. The summed E-state index contributed by atoms with van der Waals surface area (Å²) in [5.41, 5.74) is 3.94. The topological polar surface area (TPSA) is 57.8 Å². The smallest absolute Gasteiger partial charge is 0.224 e. The standard InChI is InChI=1S/C18H19N3O/c1-13-18(15-9-2-3-10-16(15)20-13)21-17(22)11-6-8-14-7-4-5-12-19-14/h2-5,7,9-10,12,20H,6,8,11H2,1H3,(H,21,22). The molecule has 0 fully saturated rings. The molecule has 0 unspecified atom stereocenters. The largest absolute Gasteiger partial charge is 0.357 e. The molecular formula is C18H19N3O. The van der Waals surface area contributed by atoms with Crippen molar-refractivity contribution in [3.05, 3.63) is 60.0 Å². The normalized spacial score (nSPS) is 10.8. The van der Waals surface area contributed by atoms with Gasteiger partial charge in [0.1, 0.15) is 0 Å². The van der Waals surface area contributed by atoms with Crippen LogP contribution in [0.3, 0.4) is 0 Å². The van der Waals surface area contributed by atoms with Crippen molar-refractivity contribution in [3.8, 4) is 0 Å². The molecule has 2 heterocycles. The number of hydrogen-bond donors (Lipinski definition) is 2. The summed E-state index contributed by atoms with van der Waals surface area (Å²) < 4.78 is 0. The molecule has 4 heteroatoms. The van der Waals surface area contributed by atoms with Crippen LogP contribution in [0.15, 0.2) is 48.7 Å². The molecule has 0 atom stereocenters. The van der Waals surface area contributed by atoms with Crippen molar-refractivity contribution in [3.63, 3.8) is 0 Å². The van der Waals surface area contributed by atoms with E-state index in [2.05, 4.69) is 15.3 Å². The number of carbonyl (C=O) groups excluding carboxylic acids is 1. The third kappa shape index (κ3) is 3.17. The second-order valence-electron chi connectivity index (χ2n) is 5.39. The molecule has 1 amide bonds. The first-order valence-electron chi connectivity index (χ1n) is 7.51. The van der Waals surface area contributed by atoms with Crippen LogP contribution in [0.5, 0.6) is 0 Å². The molecular weight excluding hydrogens is 274 g/mol. The molecule has 0 aliphatic carbocycles. The fourth-order valence-electron chi connectivity index (χ4n) is 2.62. The molecule has 4 nitrogen and oxygen atoms in total. The summed E-state index contributed by atoms with van der Waals surface area (Å²) in [6.45, 7) is 1.98. The van der Waals surface area contributed by atoms with Gasteiger partial charge in [-0.1, -0.05) is 24.3 Å². The summed E-state index contributed by atoms with van der Waals surface area (Å²) in [5, 5.41) is 4.08. The number of fused-ring (bicyclic) bond motifs is 1. The number of aryl methyl sites for hydroxylation is 2. The van der Waals surface area contributed by atoms with Crippen molar-refractivity contribution in [1.82, 2.24) is 9.97 Å². The van der Waals surface area contributed by atoms with Crippen molar-refractivity contribution in [2.24, 2.45) is 0 Å². The van der Waals surface area contributed by atoms with E-state index in [1.807, 2.05) is 49.4 Å². The zero-order chi connectivity index (χ0) is 15.4. The Morgan fingerprint density at radius 3 is 2.82 bits per heavy atom. The molecule has 0 aliphatic rings. The number of aromatic nitrogens is 2. The van der Waals surface area contributed by atoms with Crippen LogP contribution in [0.4, 0.5) is 5.69 Å². The second kappa shape index (κ2) is 6.43. The predicted octanol–water partition coefficient (Wildman–Crippen LogP) is 3.83. The summed E-state index contributed by atoms with van der Waals surface area (Å²) in [5.74, 6) is 0.0452. The Hall–Kier alpha value is -2.62. The van der Waals surface area contributed by atoms with E-state index >= 15 is 0 Å². The van der Waals surface area contributed by atoms with Crippen LogP contribution in [-0.2, 0) is 11.2 Å². The SMILES string of the molecule is Cc1[nH]c2ccccc2c1NC(=O)CCCc1ccccn1. The lowest BCUT2D eigenvalue weighted by atomic mass is 10.1. The molecule has 0 bridgehead atoms.